The van der Waals surface area contributed by atoms with Crippen molar-refractivity contribution in [1.82, 2.24) is 5.32 Å². The maximum atomic E-state index is 5.69. The highest BCUT2D eigenvalue weighted by Gasteiger charge is 2.18. The molecule has 0 spiro atoms. The van der Waals surface area contributed by atoms with Crippen molar-refractivity contribution >= 4 is 0 Å². The maximum absolute atomic E-state index is 5.69. The number of nitrogens with one attached hydrogen (secondary N) is 1. The van der Waals surface area contributed by atoms with Gasteiger partial charge in [0, 0.05) is 12.6 Å². The number of hydrogen-bond donors (Lipinski definition) is 1. The molecule has 0 aromatic heterocycles. The lowest BCUT2D eigenvalue weighted by atomic mass is 9.96. The minimum Gasteiger partial charge on any atom is -0.378 e. The number of benzene rings is 1. The molecule has 1 aliphatic heterocycles. The van der Waals surface area contributed by atoms with Gasteiger partial charge < -0.3 is 10.1 Å². The zero-order valence-electron chi connectivity index (χ0n) is 10.9. The van der Waals surface area contributed by atoms with Crippen LogP contribution in [0.2, 0.25) is 0 Å². The summed E-state index contributed by atoms with van der Waals surface area (Å²) in [6, 6.07) is 9.10. The summed E-state index contributed by atoms with van der Waals surface area (Å²) in [4.78, 5) is 0. The van der Waals surface area contributed by atoms with Gasteiger partial charge in [0.1, 0.15) is 0 Å². The third-order valence-corrected chi connectivity index (χ3v) is 3.71. The Bertz CT molecular complexity index is 345. The smallest absolute Gasteiger partial charge is 0.0576 e. The van der Waals surface area contributed by atoms with Crippen molar-refractivity contribution in [2.24, 2.45) is 0 Å². The van der Waals surface area contributed by atoms with E-state index >= 15 is 0 Å². The Kier molecular flexibility index (Phi) is 4.57. The quantitative estimate of drug-likeness (QED) is 0.843. The molecule has 17 heavy (non-hydrogen) atoms. The fourth-order valence-electron chi connectivity index (χ4n) is 2.66. The molecule has 94 valence electrons. The number of ether oxygens (including phenoxy) is 1. The van der Waals surface area contributed by atoms with Crippen molar-refractivity contribution in [3.05, 3.63) is 35.4 Å². The van der Waals surface area contributed by atoms with Crippen LogP contribution < -0.4 is 5.32 Å². The summed E-state index contributed by atoms with van der Waals surface area (Å²) >= 11 is 0. The molecule has 2 unspecified atom stereocenters. The van der Waals surface area contributed by atoms with E-state index in [4.69, 9.17) is 4.74 Å². The summed E-state index contributed by atoms with van der Waals surface area (Å²) in [5.41, 5.74) is 2.80. The molecule has 0 amide bonds. The van der Waals surface area contributed by atoms with Gasteiger partial charge in [0.15, 0.2) is 0 Å². The van der Waals surface area contributed by atoms with Gasteiger partial charge in [-0.15, -0.1) is 0 Å². The van der Waals surface area contributed by atoms with Gasteiger partial charge in [0.05, 0.1) is 6.10 Å². The average Bonchev–Trinajstić information content (AvgIpc) is 2.85. The monoisotopic (exact) mass is 233 g/mol. The van der Waals surface area contributed by atoms with Crippen LogP contribution in [0.1, 0.15) is 42.9 Å². The number of hydrogen-bond acceptors (Lipinski definition) is 2. The van der Waals surface area contributed by atoms with E-state index in [9.17, 15) is 0 Å². The molecule has 0 radical (unpaired) electrons. The molecule has 1 heterocycles. The highest BCUT2D eigenvalue weighted by molar-refractivity contribution is 5.28. The van der Waals surface area contributed by atoms with E-state index in [0.29, 0.717) is 12.1 Å². The van der Waals surface area contributed by atoms with Gasteiger partial charge in [-0.1, -0.05) is 24.3 Å². The van der Waals surface area contributed by atoms with Crippen LogP contribution in [0.3, 0.4) is 0 Å². The molecule has 2 atom stereocenters. The lowest BCUT2D eigenvalue weighted by Crippen LogP contribution is -2.19. The first-order chi connectivity index (χ1) is 8.31. The fraction of sp³-hybridized carbons (Fsp3) is 0.600. The number of aryl methyl sites for hydroxylation is 1. The zero-order chi connectivity index (χ0) is 12.1. The normalized spacial score (nSPS) is 21.6. The van der Waals surface area contributed by atoms with Gasteiger partial charge in [-0.3, -0.25) is 0 Å². The Morgan fingerprint density at radius 3 is 2.88 bits per heavy atom. The average molecular weight is 233 g/mol. The molecule has 1 fully saturated rings. The topological polar surface area (TPSA) is 21.3 Å². The summed E-state index contributed by atoms with van der Waals surface area (Å²) in [5, 5.41) is 3.43. The van der Waals surface area contributed by atoms with Crippen molar-refractivity contribution in [2.75, 3.05) is 13.7 Å². The second-order valence-corrected chi connectivity index (χ2v) is 4.91. The second-order valence-electron chi connectivity index (χ2n) is 4.91. The molecule has 0 saturated carbocycles. The molecule has 2 heteroatoms. The first kappa shape index (κ1) is 12.6. The van der Waals surface area contributed by atoms with Crippen molar-refractivity contribution in [3.63, 3.8) is 0 Å². The maximum Gasteiger partial charge on any atom is 0.0576 e. The number of rotatable bonds is 5. The lowest BCUT2D eigenvalue weighted by molar-refractivity contribution is 0.0998. The zero-order valence-corrected chi connectivity index (χ0v) is 10.9. The van der Waals surface area contributed by atoms with Gasteiger partial charge in [0.25, 0.3) is 0 Å². The molecule has 1 aliphatic rings. The Morgan fingerprint density at radius 1 is 1.41 bits per heavy atom. The molecule has 1 saturated heterocycles. The Hall–Kier alpha value is -0.860. The lowest BCUT2D eigenvalue weighted by Gasteiger charge is -2.20. The van der Waals surface area contributed by atoms with Crippen LogP contribution in [0.4, 0.5) is 0 Å². The van der Waals surface area contributed by atoms with E-state index in [1.54, 1.807) is 0 Å². The summed E-state index contributed by atoms with van der Waals surface area (Å²) in [6.07, 6.45) is 5.30. The van der Waals surface area contributed by atoms with Gasteiger partial charge in [0.2, 0.25) is 0 Å². The van der Waals surface area contributed by atoms with Crippen LogP contribution in [0.5, 0.6) is 0 Å². The summed E-state index contributed by atoms with van der Waals surface area (Å²) in [6.45, 7) is 3.14. The Morgan fingerprint density at radius 2 is 2.24 bits per heavy atom. The molecular formula is C15H23NO. The molecule has 1 aromatic carbocycles. The Labute approximate surface area is 104 Å². The van der Waals surface area contributed by atoms with Crippen LogP contribution in [0.15, 0.2) is 24.3 Å². The summed E-state index contributed by atoms with van der Waals surface area (Å²) in [5.74, 6) is 0. The summed E-state index contributed by atoms with van der Waals surface area (Å²) < 4.78 is 5.69. The highest BCUT2D eigenvalue weighted by Crippen LogP contribution is 2.25. The first-order valence-corrected chi connectivity index (χ1v) is 6.65. The van der Waals surface area contributed by atoms with Crippen LogP contribution in [0, 0.1) is 6.92 Å². The van der Waals surface area contributed by atoms with Crippen LogP contribution >= 0.6 is 0 Å². The third kappa shape index (κ3) is 3.30. The molecule has 0 bridgehead atoms. The van der Waals surface area contributed by atoms with Crippen molar-refractivity contribution < 1.29 is 4.74 Å². The molecule has 1 N–H and O–H groups in total. The first-order valence-electron chi connectivity index (χ1n) is 6.65. The van der Waals surface area contributed by atoms with Crippen LogP contribution in [0.25, 0.3) is 0 Å². The van der Waals surface area contributed by atoms with E-state index in [1.165, 1.54) is 30.4 Å². The van der Waals surface area contributed by atoms with Gasteiger partial charge in [-0.05, 0) is 50.8 Å². The van der Waals surface area contributed by atoms with Crippen molar-refractivity contribution in [3.8, 4) is 0 Å². The minimum atomic E-state index is 0.459. The van der Waals surface area contributed by atoms with Gasteiger partial charge >= 0.3 is 0 Å². The fourth-order valence-corrected chi connectivity index (χ4v) is 2.66. The largest absolute Gasteiger partial charge is 0.378 e. The molecular weight excluding hydrogens is 210 g/mol. The highest BCUT2D eigenvalue weighted by atomic mass is 16.5. The molecule has 2 nitrogen and oxygen atoms in total. The van der Waals surface area contributed by atoms with Crippen molar-refractivity contribution in [1.29, 1.82) is 0 Å². The third-order valence-electron chi connectivity index (χ3n) is 3.71. The van der Waals surface area contributed by atoms with E-state index in [2.05, 4.69) is 36.5 Å². The molecule has 2 rings (SSSR count). The Balaban J connectivity index is 1.94. The summed E-state index contributed by atoms with van der Waals surface area (Å²) in [7, 11) is 2.05. The van der Waals surface area contributed by atoms with E-state index in [1.807, 2.05) is 7.05 Å². The van der Waals surface area contributed by atoms with Gasteiger partial charge in [-0.25, -0.2) is 0 Å². The van der Waals surface area contributed by atoms with Crippen molar-refractivity contribution in [2.45, 2.75) is 44.8 Å². The minimum absolute atomic E-state index is 0.459. The van der Waals surface area contributed by atoms with Crippen LogP contribution in [-0.4, -0.2) is 19.8 Å². The van der Waals surface area contributed by atoms with Crippen LogP contribution in [-0.2, 0) is 4.74 Å². The van der Waals surface area contributed by atoms with Gasteiger partial charge in [-0.2, -0.15) is 0 Å². The van der Waals surface area contributed by atoms with E-state index in [-0.39, 0.29) is 0 Å². The molecule has 0 aliphatic carbocycles. The standard InChI is InChI=1S/C15H23NO/c1-12-6-3-4-8-14(12)15(16-2)10-9-13-7-5-11-17-13/h3-4,6,8,13,15-16H,5,7,9-11H2,1-2H3. The van der Waals surface area contributed by atoms with E-state index < -0.39 is 0 Å². The second kappa shape index (κ2) is 6.18. The molecule has 1 aromatic rings. The predicted octanol–water partition coefficient (Wildman–Crippen LogP) is 3.21. The predicted molar refractivity (Wildman–Crippen MR) is 71.2 cm³/mol. The SMILES string of the molecule is CNC(CCC1CCCO1)c1ccccc1C. The van der Waals surface area contributed by atoms with E-state index in [0.717, 1.165) is 13.0 Å².